The van der Waals surface area contributed by atoms with Crippen LogP contribution in [0.2, 0.25) is 5.02 Å². The number of hydrogen-bond acceptors (Lipinski definition) is 2. The molecule has 0 radical (unpaired) electrons. The lowest BCUT2D eigenvalue weighted by Crippen LogP contribution is -1.95. The Kier molecular flexibility index (Phi) is 2.93. The van der Waals surface area contributed by atoms with E-state index in [1.807, 2.05) is 24.3 Å². The Balaban J connectivity index is 2.31. The Labute approximate surface area is 96.1 Å². The zero-order valence-corrected chi connectivity index (χ0v) is 9.44. The molecule has 1 aromatic heterocycles. The van der Waals surface area contributed by atoms with Crippen molar-refractivity contribution in [3.05, 3.63) is 34.2 Å². The molecule has 0 amide bonds. The average Bonchev–Trinajstić information content (AvgIpc) is 2.59. The molecule has 0 unspecified atom stereocenters. The van der Waals surface area contributed by atoms with Gasteiger partial charge >= 0.3 is 5.97 Å². The third-order valence-corrected chi connectivity index (χ3v) is 3.63. The summed E-state index contributed by atoms with van der Waals surface area (Å²) in [5, 5.41) is 10.3. The van der Waals surface area contributed by atoms with Gasteiger partial charge in [0.05, 0.1) is 6.42 Å². The van der Waals surface area contributed by atoms with Crippen LogP contribution in [0.25, 0.3) is 10.1 Å². The normalized spacial score (nSPS) is 10.7. The van der Waals surface area contributed by atoms with Crippen molar-refractivity contribution in [3.8, 4) is 0 Å². The van der Waals surface area contributed by atoms with Crippen molar-refractivity contribution in [2.75, 3.05) is 0 Å². The molecule has 15 heavy (non-hydrogen) atoms. The highest BCUT2D eigenvalue weighted by Gasteiger charge is 2.06. The van der Waals surface area contributed by atoms with Crippen LogP contribution in [0.1, 0.15) is 11.3 Å². The standard InChI is InChI=1S/C11H9ClO2S/c12-9-2-1-3-10-8(9)6-7(15-10)4-5-11(13)14/h1-3,6H,4-5H2,(H,13,14). The van der Waals surface area contributed by atoms with Crippen LogP contribution in [-0.2, 0) is 11.2 Å². The summed E-state index contributed by atoms with van der Waals surface area (Å²) in [5.41, 5.74) is 0. The summed E-state index contributed by atoms with van der Waals surface area (Å²) < 4.78 is 1.11. The fourth-order valence-electron chi connectivity index (χ4n) is 1.43. The Bertz CT molecular complexity index is 504. The van der Waals surface area contributed by atoms with Gasteiger partial charge in [0.15, 0.2) is 0 Å². The summed E-state index contributed by atoms with van der Waals surface area (Å²) in [5.74, 6) is -0.765. The third-order valence-electron chi connectivity index (χ3n) is 2.14. The molecule has 78 valence electrons. The minimum absolute atomic E-state index is 0.171. The number of aliphatic carboxylic acids is 1. The number of benzene rings is 1. The molecule has 1 aromatic carbocycles. The second-order valence-electron chi connectivity index (χ2n) is 3.26. The maximum Gasteiger partial charge on any atom is 0.303 e. The number of carboxylic acid groups (broad SMARTS) is 1. The Morgan fingerprint density at radius 3 is 2.93 bits per heavy atom. The fraction of sp³-hybridized carbons (Fsp3) is 0.182. The van der Waals surface area contributed by atoms with E-state index in [2.05, 4.69) is 0 Å². The van der Waals surface area contributed by atoms with E-state index in [4.69, 9.17) is 16.7 Å². The number of fused-ring (bicyclic) bond motifs is 1. The molecule has 0 fully saturated rings. The zero-order valence-electron chi connectivity index (χ0n) is 7.87. The molecule has 2 rings (SSSR count). The number of carbonyl (C=O) groups is 1. The smallest absolute Gasteiger partial charge is 0.303 e. The van der Waals surface area contributed by atoms with Crippen LogP contribution in [-0.4, -0.2) is 11.1 Å². The van der Waals surface area contributed by atoms with Crippen LogP contribution in [0.3, 0.4) is 0 Å². The van der Waals surface area contributed by atoms with Crippen LogP contribution in [0.4, 0.5) is 0 Å². The highest BCUT2D eigenvalue weighted by atomic mass is 35.5. The summed E-state index contributed by atoms with van der Waals surface area (Å²) in [6.45, 7) is 0. The number of aryl methyl sites for hydroxylation is 1. The molecule has 1 heterocycles. The molecule has 0 saturated carbocycles. The first-order chi connectivity index (χ1) is 7.16. The average molecular weight is 241 g/mol. The number of hydrogen-bond donors (Lipinski definition) is 1. The number of thiophene rings is 1. The van der Waals surface area contributed by atoms with E-state index in [9.17, 15) is 4.79 Å². The minimum Gasteiger partial charge on any atom is -0.481 e. The number of halogens is 1. The highest BCUT2D eigenvalue weighted by molar-refractivity contribution is 7.19. The molecule has 0 saturated heterocycles. The van der Waals surface area contributed by atoms with Crippen molar-refractivity contribution in [2.45, 2.75) is 12.8 Å². The van der Waals surface area contributed by atoms with E-state index < -0.39 is 5.97 Å². The van der Waals surface area contributed by atoms with Gasteiger partial charge in [-0.2, -0.15) is 0 Å². The molecule has 0 aliphatic rings. The van der Waals surface area contributed by atoms with E-state index in [1.54, 1.807) is 11.3 Å². The molecule has 2 nitrogen and oxygen atoms in total. The molecule has 4 heteroatoms. The Morgan fingerprint density at radius 1 is 1.47 bits per heavy atom. The van der Waals surface area contributed by atoms with Gasteiger partial charge in [-0.05, 0) is 24.6 Å². The van der Waals surface area contributed by atoms with Gasteiger partial charge in [0.2, 0.25) is 0 Å². The quantitative estimate of drug-likeness (QED) is 0.891. The zero-order chi connectivity index (χ0) is 10.8. The lowest BCUT2D eigenvalue weighted by molar-refractivity contribution is -0.136. The van der Waals surface area contributed by atoms with Crippen molar-refractivity contribution in [1.29, 1.82) is 0 Å². The molecule has 0 aliphatic carbocycles. The number of carboxylic acids is 1. The van der Waals surface area contributed by atoms with Crippen LogP contribution in [0.5, 0.6) is 0 Å². The molecule has 0 spiro atoms. The van der Waals surface area contributed by atoms with E-state index in [1.165, 1.54) is 0 Å². The van der Waals surface area contributed by atoms with E-state index >= 15 is 0 Å². The molecule has 0 atom stereocenters. The molecule has 2 aromatic rings. The van der Waals surface area contributed by atoms with Crippen molar-refractivity contribution in [1.82, 2.24) is 0 Å². The maximum atomic E-state index is 10.4. The molecular weight excluding hydrogens is 232 g/mol. The Morgan fingerprint density at radius 2 is 2.27 bits per heavy atom. The lowest BCUT2D eigenvalue weighted by Gasteiger charge is -1.90. The second kappa shape index (κ2) is 4.21. The first kappa shape index (κ1) is 10.5. The summed E-state index contributed by atoms with van der Waals surface area (Å²) >= 11 is 7.63. The lowest BCUT2D eigenvalue weighted by atomic mass is 10.2. The number of rotatable bonds is 3. The van der Waals surface area contributed by atoms with Gasteiger partial charge in [0, 0.05) is 20.0 Å². The van der Waals surface area contributed by atoms with Crippen molar-refractivity contribution in [3.63, 3.8) is 0 Å². The second-order valence-corrected chi connectivity index (χ2v) is 4.83. The van der Waals surface area contributed by atoms with Crippen molar-refractivity contribution in [2.24, 2.45) is 0 Å². The maximum absolute atomic E-state index is 10.4. The minimum atomic E-state index is -0.765. The van der Waals surface area contributed by atoms with Crippen molar-refractivity contribution < 1.29 is 9.90 Å². The summed E-state index contributed by atoms with van der Waals surface area (Å²) in [6.07, 6.45) is 0.745. The first-order valence-electron chi connectivity index (χ1n) is 4.55. The summed E-state index contributed by atoms with van der Waals surface area (Å²) in [6, 6.07) is 7.72. The summed E-state index contributed by atoms with van der Waals surface area (Å²) in [7, 11) is 0. The molecule has 1 N–H and O–H groups in total. The van der Waals surface area contributed by atoms with Gasteiger partial charge in [-0.1, -0.05) is 17.7 Å². The van der Waals surface area contributed by atoms with Crippen LogP contribution in [0, 0.1) is 0 Å². The van der Waals surface area contributed by atoms with Gasteiger partial charge in [-0.3, -0.25) is 4.79 Å². The van der Waals surface area contributed by atoms with E-state index in [0.717, 1.165) is 20.0 Å². The molecule has 0 aliphatic heterocycles. The van der Waals surface area contributed by atoms with E-state index in [-0.39, 0.29) is 6.42 Å². The topological polar surface area (TPSA) is 37.3 Å². The van der Waals surface area contributed by atoms with Gasteiger partial charge in [0.1, 0.15) is 0 Å². The van der Waals surface area contributed by atoms with E-state index in [0.29, 0.717) is 6.42 Å². The van der Waals surface area contributed by atoms with Crippen molar-refractivity contribution >= 4 is 39.0 Å². The Hall–Kier alpha value is -1.06. The largest absolute Gasteiger partial charge is 0.481 e. The third kappa shape index (κ3) is 2.30. The molecule has 0 bridgehead atoms. The monoisotopic (exact) mass is 240 g/mol. The predicted octanol–water partition coefficient (Wildman–Crippen LogP) is 3.57. The fourth-order valence-corrected chi connectivity index (χ4v) is 2.81. The first-order valence-corrected chi connectivity index (χ1v) is 5.75. The van der Waals surface area contributed by atoms with Crippen LogP contribution < -0.4 is 0 Å². The molecular formula is C11H9ClO2S. The SMILES string of the molecule is O=C(O)CCc1cc2c(Cl)cccc2s1. The predicted molar refractivity (Wildman–Crippen MR) is 62.8 cm³/mol. The van der Waals surface area contributed by atoms with Gasteiger partial charge in [0.25, 0.3) is 0 Å². The van der Waals surface area contributed by atoms with Gasteiger partial charge in [-0.15, -0.1) is 11.3 Å². The van der Waals surface area contributed by atoms with Crippen LogP contribution in [0.15, 0.2) is 24.3 Å². The highest BCUT2D eigenvalue weighted by Crippen LogP contribution is 2.31. The van der Waals surface area contributed by atoms with Gasteiger partial charge in [-0.25, -0.2) is 0 Å². The van der Waals surface area contributed by atoms with Crippen LogP contribution >= 0.6 is 22.9 Å². The van der Waals surface area contributed by atoms with Gasteiger partial charge < -0.3 is 5.11 Å². The summed E-state index contributed by atoms with van der Waals surface area (Å²) in [4.78, 5) is 11.5.